The summed E-state index contributed by atoms with van der Waals surface area (Å²) >= 11 is 0. The van der Waals surface area contributed by atoms with Crippen LogP contribution in [0.15, 0.2) is 23.0 Å². The second-order valence-electron chi connectivity index (χ2n) is 8.24. The summed E-state index contributed by atoms with van der Waals surface area (Å²) < 4.78 is 12.6. The number of hydrogen-bond donors (Lipinski definition) is 2. The first-order valence-corrected chi connectivity index (χ1v) is 11.3. The van der Waals surface area contributed by atoms with E-state index in [1.807, 2.05) is 30.0 Å². The number of benzene rings is 1. The van der Waals surface area contributed by atoms with Crippen LogP contribution in [0.1, 0.15) is 18.9 Å². The number of nitrogens with one attached hydrogen (secondary N) is 2. The summed E-state index contributed by atoms with van der Waals surface area (Å²) in [7, 11) is 3.24. The van der Waals surface area contributed by atoms with E-state index in [2.05, 4.69) is 10.3 Å². The number of piperazine rings is 1. The number of hydrogen-bond acceptors (Lipinski definition) is 6. The highest BCUT2D eigenvalue weighted by atomic mass is 16.5. The molecule has 3 heterocycles. The summed E-state index contributed by atoms with van der Waals surface area (Å²) in [6.45, 7) is 7.64. The van der Waals surface area contributed by atoms with Crippen molar-refractivity contribution >= 4 is 11.7 Å². The molecule has 172 valence electrons. The molecule has 0 atom stereocenters. The lowest BCUT2D eigenvalue weighted by Gasteiger charge is -2.32. The first kappa shape index (κ1) is 22.1. The van der Waals surface area contributed by atoms with Gasteiger partial charge in [0.05, 0.1) is 59.2 Å². The molecule has 0 saturated carbocycles. The smallest absolute Gasteiger partial charge is 0.349 e. The van der Waals surface area contributed by atoms with Gasteiger partial charge >= 0.3 is 5.69 Å². The normalized spacial score (nSPS) is 15.7. The van der Waals surface area contributed by atoms with Crippen LogP contribution in [0.4, 0.5) is 5.82 Å². The minimum absolute atomic E-state index is 0.232. The van der Waals surface area contributed by atoms with Crippen LogP contribution in [0.2, 0.25) is 0 Å². The van der Waals surface area contributed by atoms with Crippen molar-refractivity contribution in [1.82, 2.24) is 14.5 Å². The van der Waals surface area contributed by atoms with Crippen LogP contribution in [0, 0.1) is 0 Å². The number of methoxy groups -OCH3 is 2. The highest BCUT2D eigenvalue weighted by Gasteiger charge is 2.23. The maximum Gasteiger partial charge on any atom is 0.349 e. The summed E-state index contributed by atoms with van der Waals surface area (Å²) in [6.07, 6.45) is 1.31. The van der Waals surface area contributed by atoms with Crippen molar-refractivity contribution < 1.29 is 19.2 Å². The maximum atomic E-state index is 12.7. The minimum Gasteiger partial charge on any atom is -0.493 e. The van der Waals surface area contributed by atoms with Gasteiger partial charge in [0.1, 0.15) is 5.82 Å². The van der Waals surface area contributed by atoms with Crippen LogP contribution in [0.3, 0.4) is 0 Å². The zero-order chi connectivity index (χ0) is 22.7. The minimum atomic E-state index is -0.246. The number of aromatic nitrogens is 2. The van der Waals surface area contributed by atoms with Crippen LogP contribution < -0.4 is 25.4 Å². The van der Waals surface area contributed by atoms with Gasteiger partial charge in [-0.05, 0) is 24.1 Å². The Morgan fingerprint density at radius 2 is 1.84 bits per heavy atom. The molecule has 0 unspecified atom stereocenters. The Hall–Kier alpha value is -3.07. The van der Waals surface area contributed by atoms with E-state index in [-0.39, 0.29) is 11.6 Å². The summed E-state index contributed by atoms with van der Waals surface area (Å²) in [5.74, 6) is 2.15. The average Bonchev–Trinajstić information content (AvgIpc) is 2.83. The molecule has 2 aliphatic rings. The van der Waals surface area contributed by atoms with Gasteiger partial charge in [-0.3, -0.25) is 9.36 Å². The molecule has 2 N–H and O–H groups in total. The van der Waals surface area contributed by atoms with Gasteiger partial charge in [-0.2, -0.15) is 4.98 Å². The molecule has 1 amide bonds. The van der Waals surface area contributed by atoms with Gasteiger partial charge < -0.3 is 24.6 Å². The van der Waals surface area contributed by atoms with E-state index < -0.39 is 0 Å². The third kappa shape index (κ3) is 4.43. The number of carbonyl (C=O) groups excluding carboxylic acids is 1. The molecule has 1 fully saturated rings. The van der Waals surface area contributed by atoms with Crippen LogP contribution in [0.5, 0.6) is 11.5 Å². The van der Waals surface area contributed by atoms with Gasteiger partial charge in [0.2, 0.25) is 5.91 Å². The highest BCUT2D eigenvalue weighted by molar-refractivity contribution is 5.75. The molecule has 1 saturated heterocycles. The standard InChI is InChI=1S/C23H31N5O4/c1-4-22(29)27-11-9-26(10-12-27)8-6-24-21-15-18-17-14-20(32-3)19(31-2)13-16(17)5-7-28(18)23(30)25-21/h13-15H,4-12H2,1-3H3,(H,24,25,30)/p+1. The zero-order valence-corrected chi connectivity index (χ0v) is 19.1. The molecule has 0 radical (unpaired) electrons. The Balaban J connectivity index is 1.45. The quantitative estimate of drug-likeness (QED) is 0.629. The SMILES string of the molecule is CCC(=O)N1CC[NH+](CCNc2cc3n(c(=O)n2)CCc2cc(OC)c(OC)cc2-3)CC1. The van der Waals surface area contributed by atoms with Gasteiger partial charge in [0, 0.05) is 24.6 Å². The van der Waals surface area contributed by atoms with Crippen LogP contribution in [-0.2, 0) is 17.8 Å². The van der Waals surface area contributed by atoms with Crippen molar-refractivity contribution in [3.63, 3.8) is 0 Å². The maximum absolute atomic E-state index is 12.7. The van der Waals surface area contributed by atoms with Gasteiger partial charge in [0.25, 0.3) is 0 Å². The van der Waals surface area contributed by atoms with E-state index in [0.717, 1.165) is 56.0 Å². The highest BCUT2D eigenvalue weighted by Crippen LogP contribution is 2.38. The topological polar surface area (TPSA) is 90.1 Å². The number of anilines is 1. The zero-order valence-electron chi connectivity index (χ0n) is 19.1. The molecule has 0 bridgehead atoms. The third-order valence-electron chi connectivity index (χ3n) is 6.41. The fraction of sp³-hybridized carbons (Fsp3) is 0.522. The van der Waals surface area contributed by atoms with Gasteiger partial charge in [-0.15, -0.1) is 0 Å². The molecule has 2 aromatic rings. The van der Waals surface area contributed by atoms with E-state index in [1.54, 1.807) is 18.8 Å². The molecule has 1 aromatic heterocycles. The number of quaternary nitrogens is 1. The number of ether oxygens (including phenoxy) is 2. The Kier molecular flexibility index (Phi) is 6.64. The summed E-state index contributed by atoms with van der Waals surface area (Å²) in [6, 6.07) is 5.87. The number of amides is 1. The van der Waals surface area contributed by atoms with Gasteiger partial charge in [-0.25, -0.2) is 4.79 Å². The molecular formula is C23H32N5O4+. The Morgan fingerprint density at radius 1 is 1.12 bits per heavy atom. The predicted octanol–water partition coefficient (Wildman–Crippen LogP) is 0.0326. The molecular weight excluding hydrogens is 410 g/mol. The number of nitrogens with zero attached hydrogens (tertiary/aromatic N) is 3. The number of aryl methyl sites for hydroxylation is 1. The summed E-state index contributed by atoms with van der Waals surface area (Å²) in [5.41, 5.74) is 2.69. The second-order valence-corrected chi connectivity index (χ2v) is 8.24. The van der Waals surface area contributed by atoms with Crippen molar-refractivity contribution in [3.05, 3.63) is 34.2 Å². The predicted molar refractivity (Wildman–Crippen MR) is 122 cm³/mol. The largest absolute Gasteiger partial charge is 0.493 e. The number of carbonyl (C=O) groups is 1. The number of fused-ring (bicyclic) bond motifs is 3. The van der Waals surface area contributed by atoms with Crippen LogP contribution in [0.25, 0.3) is 11.3 Å². The lowest BCUT2D eigenvalue weighted by molar-refractivity contribution is -0.902. The first-order chi connectivity index (χ1) is 15.5. The van der Waals surface area contributed by atoms with E-state index in [9.17, 15) is 9.59 Å². The van der Waals surface area contributed by atoms with E-state index >= 15 is 0 Å². The average molecular weight is 443 g/mol. The van der Waals surface area contributed by atoms with E-state index in [0.29, 0.717) is 36.8 Å². The lowest BCUT2D eigenvalue weighted by Crippen LogP contribution is -3.15. The van der Waals surface area contributed by atoms with Crippen LogP contribution in [-0.4, -0.2) is 73.8 Å². The number of rotatable bonds is 7. The van der Waals surface area contributed by atoms with Crippen molar-refractivity contribution in [2.45, 2.75) is 26.3 Å². The molecule has 32 heavy (non-hydrogen) atoms. The molecule has 4 rings (SSSR count). The first-order valence-electron chi connectivity index (χ1n) is 11.3. The van der Waals surface area contributed by atoms with Gasteiger partial charge in [-0.1, -0.05) is 6.92 Å². The summed E-state index contributed by atoms with van der Waals surface area (Å²) in [4.78, 5) is 32.2. The van der Waals surface area contributed by atoms with Crippen molar-refractivity contribution in [3.8, 4) is 22.8 Å². The third-order valence-corrected chi connectivity index (χ3v) is 6.41. The fourth-order valence-electron chi connectivity index (χ4n) is 4.55. The molecule has 2 aliphatic heterocycles. The lowest BCUT2D eigenvalue weighted by atomic mass is 9.97. The molecule has 9 heteroatoms. The van der Waals surface area contributed by atoms with E-state index in [1.165, 1.54) is 4.90 Å². The monoisotopic (exact) mass is 442 g/mol. The van der Waals surface area contributed by atoms with Crippen molar-refractivity contribution in [2.75, 3.05) is 58.8 Å². The molecule has 9 nitrogen and oxygen atoms in total. The van der Waals surface area contributed by atoms with Crippen LogP contribution >= 0.6 is 0 Å². The van der Waals surface area contributed by atoms with Crippen molar-refractivity contribution in [1.29, 1.82) is 0 Å². The Labute approximate surface area is 187 Å². The fourth-order valence-corrected chi connectivity index (χ4v) is 4.55. The molecule has 0 aliphatic carbocycles. The molecule has 0 spiro atoms. The Morgan fingerprint density at radius 3 is 2.53 bits per heavy atom. The van der Waals surface area contributed by atoms with Gasteiger partial charge in [0.15, 0.2) is 11.5 Å². The van der Waals surface area contributed by atoms with E-state index in [4.69, 9.17) is 9.47 Å². The van der Waals surface area contributed by atoms with Crippen molar-refractivity contribution in [2.24, 2.45) is 0 Å². The summed E-state index contributed by atoms with van der Waals surface area (Å²) in [5, 5.41) is 3.33. The Bertz CT molecular complexity index is 1040. The second kappa shape index (κ2) is 9.60. The molecule has 1 aromatic carbocycles.